The van der Waals surface area contributed by atoms with E-state index < -0.39 is 0 Å². The van der Waals surface area contributed by atoms with Gasteiger partial charge in [-0.3, -0.25) is 9.13 Å². The summed E-state index contributed by atoms with van der Waals surface area (Å²) in [5.74, 6) is 4.02. The number of fused-ring (bicyclic) bond motifs is 3. The van der Waals surface area contributed by atoms with Gasteiger partial charge in [-0.2, -0.15) is 4.98 Å². The maximum Gasteiger partial charge on any atom is 0.237 e. The van der Waals surface area contributed by atoms with E-state index in [1.165, 1.54) is 19.2 Å². The Kier molecular flexibility index (Phi) is 3.67. The van der Waals surface area contributed by atoms with E-state index in [9.17, 15) is 0 Å². The first-order valence-corrected chi connectivity index (χ1v) is 10.1. The highest BCUT2D eigenvalue weighted by atomic mass is 15.4. The van der Waals surface area contributed by atoms with E-state index in [4.69, 9.17) is 4.98 Å². The molecule has 30 heavy (non-hydrogen) atoms. The van der Waals surface area contributed by atoms with Crippen LogP contribution in [0.3, 0.4) is 0 Å². The van der Waals surface area contributed by atoms with Crippen LogP contribution in [0.15, 0.2) is 37.3 Å². The number of aromatic nitrogens is 9. The van der Waals surface area contributed by atoms with E-state index in [0.29, 0.717) is 17.8 Å². The fourth-order valence-corrected chi connectivity index (χ4v) is 4.24. The van der Waals surface area contributed by atoms with Crippen molar-refractivity contribution in [2.24, 2.45) is 0 Å². The lowest BCUT2D eigenvalue weighted by Gasteiger charge is -2.37. The van der Waals surface area contributed by atoms with Crippen LogP contribution in [0, 0.1) is 6.92 Å². The lowest BCUT2D eigenvalue weighted by Crippen LogP contribution is -2.37. The van der Waals surface area contributed by atoms with E-state index in [0.717, 1.165) is 35.1 Å². The lowest BCUT2D eigenvalue weighted by atomic mass is 10.1. The van der Waals surface area contributed by atoms with Crippen molar-refractivity contribution in [3.8, 4) is 23.0 Å². The van der Waals surface area contributed by atoms with Crippen molar-refractivity contribution in [2.75, 3.05) is 4.90 Å². The van der Waals surface area contributed by atoms with Gasteiger partial charge in [-0.15, -0.1) is 10.2 Å². The molecule has 1 fully saturated rings. The predicted octanol–water partition coefficient (Wildman–Crippen LogP) is 2.44. The summed E-state index contributed by atoms with van der Waals surface area (Å²) in [6.45, 7) is 4.15. The zero-order chi connectivity index (χ0) is 20.2. The molecule has 4 aromatic rings. The fourth-order valence-electron chi connectivity index (χ4n) is 4.24. The minimum atomic E-state index is 0.152. The quantitative estimate of drug-likeness (QED) is 0.515. The summed E-state index contributed by atoms with van der Waals surface area (Å²) in [4.78, 5) is 24.8. The number of anilines is 1. The summed E-state index contributed by atoms with van der Waals surface area (Å²) < 4.78 is 3.96. The van der Waals surface area contributed by atoms with Crippen LogP contribution >= 0.6 is 0 Å². The van der Waals surface area contributed by atoms with Gasteiger partial charge < -0.3 is 4.90 Å². The van der Waals surface area contributed by atoms with E-state index in [1.54, 1.807) is 18.6 Å². The van der Waals surface area contributed by atoms with Crippen molar-refractivity contribution in [3.05, 3.63) is 49.0 Å². The summed E-state index contributed by atoms with van der Waals surface area (Å²) in [5, 5.41) is 8.82. The third-order valence-electron chi connectivity index (χ3n) is 5.71. The number of hydrogen-bond acceptors (Lipinski definition) is 8. The Bertz CT molecular complexity index is 1220. The van der Waals surface area contributed by atoms with Crippen molar-refractivity contribution in [1.29, 1.82) is 0 Å². The topological polar surface area (TPSA) is 103 Å². The molecule has 0 amide bonds. The molecule has 5 heterocycles. The van der Waals surface area contributed by atoms with Crippen molar-refractivity contribution < 1.29 is 0 Å². The Hall–Kier alpha value is -3.69. The van der Waals surface area contributed by atoms with Crippen LogP contribution in [-0.2, 0) is 0 Å². The van der Waals surface area contributed by atoms with Gasteiger partial charge in [-0.25, -0.2) is 19.9 Å². The van der Waals surface area contributed by atoms with Gasteiger partial charge in [-0.1, -0.05) is 6.92 Å². The second-order valence-electron chi connectivity index (χ2n) is 7.63. The third kappa shape index (κ3) is 2.46. The van der Waals surface area contributed by atoms with Crippen LogP contribution in [0.4, 0.5) is 5.82 Å². The van der Waals surface area contributed by atoms with E-state index in [1.807, 2.05) is 23.9 Å². The Labute approximate surface area is 172 Å². The van der Waals surface area contributed by atoms with Crippen LogP contribution in [0.5, 0.6) is 0 Å². The van der Waals surface area contributed by atoms with E-state index >= 15 is 0 Å². The zero-order valence-corrected chi connectivity index (χ0v) is 16.7. The molecule has 0 N–H and O–H groups in total. The Morgan fingerprint density at radius 3 is 2.67 bits per heavy atom. The SMILES string of the molecule is CCC1c2nnc(C)n2-c2cnc(-n3ccnc3-c3cncnc3)nc2N1C1CC1. The summed E-state index contributed by atoms with van der Waals surface area (Å²) in [6.07, 6.45) is 13.7. The summed E-state index contributed by atoms with van der Waals surface area (Å²) >= 11 is 0. The number of nitrogens with zero attached hydrogens (tertiary/aromatic N) is 10. The Morgan fingerprint density at radius 2 is 1.90 bits per heavy atom. The van der Waals surface area contributed by atoms with Gasteiger partial charge in [0.1, 0.15) is 23.7 Å². The average Bonchev–Trinajstić information content (AvgIpc) is 3.37. The molecule has 10 nitrogen and oxygen atoms in total. The highest BCUT2D eigenvalue weighted by Crippen LogP contribution is 2.45. The van der Waals surface area contributed by atoms with Crippen molar-refractivity contribution in [1.82, 2.24) is 44.3 Å². The molecule has 1 atom stereocenters. The molecular weight excluding hydrogens is 380 g/mol. The molecule has 6 rings (SSSR count). The largest absolute Gasteiger partial charge is 0.341 e. The van der Waals surface area contributed by atoms with Gasteiger partial charge in [0.15, 0.2) is 11.6 Å². The molecule has 10 heteroatoms. The summed E-state index contributed by atoms with van der Waals surface area (Å²) in [7, 11) is 0. The Morgan fingerprint density at radius 1 is 1.07 bits per heavy atom. The molecule has 0 spiro atoms. The minimum Gasteiger partial charge on any atom is -0.341 e. The van der Waals surface area contributed by atoms with Crippen LogP contribution in [0.25, 0.3) is 23.0 Å². The first-order chi connectivity index (χ1) is 14.8. The third-order valence-corrected chi connectivity index (χ3v) is 5.71. The van der Waals surface area contributed by atoms with Crippen LogP contribution in [0.2, 0.25) is 0 Å². The highest BCUT2D eigenvalue weighted by molar-refractivity contribution is 5.64. The maximum absolute atomic E-state index is 5.02. The number of rotatable bonds is 4. The van der Waals surface area contributed by atoms with E-state index in [2.05, 4.69) is 46.5 Å². The van der Waals surface area contributed by atoms with Gasteiger partial charge >= 0.3 is 0 Å². The van der Waals surface area contributed by atoms with Gasteiger partial charge in [0.05, 0.1) is 17.8 Å². The molecule has 1 aliphatic carbocycles. The zero-order valence-electron chi connectivity index (χ0n) is 16.7. The molecule has 1 unspecified atom stereocenters. The summed E-state index contributed by atoms with van der Waals surface area (Å²) in [6, 6.07) is 0.630. The normalized spacial score (nSPS) is 17.7. The van der Waals surface area contributed by atoms with Gasteiger partial charge in [0, 0.05) is 30.8 Å². The molecule has 4 aromatic heterocycles. The number of hydrogen-bond donors (Lipinski definition) is 0. The number of imidazole rings is 1. The molecule has 1 saturated carbocycles. The van der Waals surface area contributed by atoms with Gasteiger partial charge in [-0.05, 0) is 26.2 Å². The predicted molar refractivity (Wildman–Crippen MR) is 108 cm³/mol. The first-order valence-electron chi connectivity index (χ1n) is 10.1. The van der Waals surface area contributed by atoms with Crippen molar-refractivity contribution in [3.63, 3.8) is 0 Å². The van der Waals surface area contributed by atoms with Crippen molar-refractivity contribution >= 4 is 5.82 Å². The lowest BCUT2D eigenvalue weighted by molar-refractivity contribution is 0.530. The second-order valence-corrected chi connectivity index (χ2v) is 7.63. The molecule has 2 aliphatic rings. The van der Waals surface area contributed by atoms with Crippen LogP contribution in [-0.4, -0.2) is 50.3 Å². The van der Waals surface area contributed by atoms with Gasteiger partial charge in [0.2, 0.25) is 5.95 Å². The average molecular weight is 400 g/mol. The molecule has 0 radical (unpaired) electrons. The van der Waals surface area contributed by atoms with Crippen LogP contribution < -0.4 is 4.90 Å². The van der Waals surface area contributed by atoms with Gasteiger partial charge in [0.25, 0.3) is 0 Å². The Balaban J connectivity index is 1.53. The minimum absolute atomic E-state index is 0.152. The highest BCUT2D eigenvalue weighted by Gasteiger charge is 2.42. The molecule has 150 valence electrons. The molecule has 1 aliphatic heterocycles. The van der Waals surface area contributed by atoms with Crippen LogP contribution in [0.1, 0.15) is 43.9 Å². The molecule has 0 saturated heterocycles. The monoisotopic (exact) mass is 400 g/mol. The van der Waals surface area contributed by atoms with E-state index in [-0.39, 0.29) is 6.04 Å². The smallest absolute Gasteiger partial charge is 0.237 e. The molecular formula is C20H20N10. The van der Waals surface area contributed by atoms with Crippen molar-refractivity contribution in [2.45, 2.75) is 45.2 Å². The maximum atomic E-state index is 5.02. The standard InChI is InChI=1S/C20H20N10/c1-3-15-19-27-26-12(2)29(19)16-10-24-20(25-18(16)30(15)14-4-5-14)28-7-6-23-17(28)13-8-21-11-22-9-13/h6-11,14-15H,3-5H2,1-2H3. The molecule has 0 bridgehead atoms. The summed E-state index contributed by atoms with van der Waals surface area (Å²) in [5.41, 5.74) is 1.74. The first kappa shape index (κ1) is 17.2. The fraction of sp³-hybridized carbons (Fsp3) is 0.350. The number of aryl methyl sites for hydroxylation is 1. The molecule has 0 aromatic carbocycles. The second kappa shape index (κ2) is 6.41.